The Morgan fingerprint density at radius 1 is 0.950 bits per heavy atom. The van der Waals surface area contributed by atoms with Gasteiger partial charge >= 0.3 is 0 Å². The average molecular weight is 571 g/mol. The Morgan fingerprint density at radius 3 is 2.50 bits per heavy atom. The number of hydrogen-bond donors (Lipinski definition) is 0. The Bertz CT molecular complexity index is 1610. The van der Waals surface area contributed by atoms with E-state index in [1.807, 2.05) is 66.7 Å². The Balaban J connectivity index is 1.40. The Kier molecular flexibility index (Phi) is 7.89. The van der Waals surface area contributed by atoms with Gasteiger partial charge in [-0.2, -0.15) is 0 Å². The van der Waals surface area contributed by atoms with E-state index in [9.17, 15) is 9.18 Å². The second-order valence-corrected chi connectivity index (χ2v) is 11.5. The molecule has 0 N–H and O–H groups in total. The molecule has 202 valence electrons. The van der Waals surface area contributed by atoms with Crippen LogP contribution in [0.1, 0.15) is 43.2 Å². The molecule has 6 rings (SSSR count). The van der Waals surface area contributed by atoms with Gasteiger partial charge in [0.1, 0.15) is 23.9 Å². The molecule has 1 amide bonds. The summed E-state index contributed by atoms with van der Waals surface area (Å²) in [7, 11) is 0. The molecule has 4 aromatic rings. The molecule has 1 saturated carbocycles. The van der Waals surface area contributed by atoms with Crippen molar-refractivity contribution >= 4 is 57.0 Å². The summed E-state index contributed by atoms with van der Waals surface area (Å²) in [5.41, 5.74) is 2.06. The number of fused-ring (bicyclic) bond motifs is 1. The van der Waals surface area contributed by atoms with Crippen LogP contribution in [0.3, 0.4) is 0 Å². The van der Waals surface area contributed by atoms with Crippen molar-refractivity contribution in [3.8, 4) is 5.75 Å². The minimum Gasteiger partial charge on any atom is -0.488 e. The van der Waals surface area contributed by atoms with Crippen molar-refractivity contribution in [1.29, 1.82) is 0 Å². The lowest BCUT2D eigenvalue weighted by atomic mass is 9.94. The van der Waals surface area contributed by atoms with Crippen LogP contribution in [0, 0.1) is 5.82 Å². The maximum Gasteiger partial charge on any atom is 0.267 e. The van der Waals surface area contributed by atoms with Gasteiger partial charge in [-0.3, -0.25) is 9.69 Å². The molecule has 2 aliphatic rings. The number of ether oxygens (including phenoxy) is 1. The smallest absolute Gasteiger partial charge is 0.267 e. The van der Waals surface area contributed by atoms with Gasteiger partial charge in [0.2, 0.25) is 0 Å². The van der Waals surface area contributed by atoms with E-state index in [4.69, 9.17) is 16.3 Å². The molecule has 4 aromatic carbocycles. The second kappa shape index (κ2) is 11.9. The molecule has 1 saturated heterocycles. The van der Waals surface area contributed by atoms with Crippen LogP contribution in [0.25, 0.3) is 16.8 Å². The normalized spacial score (nSPS) is 18.2. The van der Waals surface area contributed by atoms with Gasteiger partial charge in [0.15, 0.2) is 5.17 Å². The Hall–Kier alpha value is -3.61. The first-order chi connectivity index (χ1) is 19.6. The number of benzene rings is 4. The van der Waals surface area contributed by atoms with Gasteiger partial charge in [0, 0.05) is 16.6 Å². The maximum atomic E-state index is 14.6. The number of amidine groups is 1. The minimum absolute atomic E-state index is 0.0540. The molecular weight excluding hydrogens is 543 g/mol. The number of amides is 1. The number of rotatable bonds is 6. The number of para-hydroxylation sites is 1. The molecule has 0 radical (unpaired) electrons. The van der Waals surface area contributed by atoms with Crippen LogP contribution in [0.4, 0.5) is 10.1 Å². The molecule has 4 nitrogen and oxygen atoms in total. The summed E-state index contributed by atoms with van der Waals surface area (Å²) in [6, 6.07) is 26.1. The molecule has 0 unspecified atom stereocenters. The predicted octanol–water partition coefficient (Wildman–Crippen LogP) is 9.15. The molecular formula is C33H28ClFN2O2S. The van der Waals surface area contributed by atoms with Crippen molar-refractivity contribution in [1.82, 2.24) is 4.90 Å². The van der Waals surface area contributed by atoms with Crippen LogP contribution in [0.5, 0.6) is 5.75 Å². The van der Waals surface area contributed by atoms with E-state index in [1.54, 1.807) is 23.1 Å². The third kappa shape index (κ3) is 5.65. The summed E-state index contributed by atoms with van der Waals surface area (Å²) >= 11 is 7.35. The maximum absolute atomic E-state index is 14.6. The zero-order valence-electron chi connectivity index (χ0n) is 21.9. The fourth-order valence-electron chi connectivity index (χ4n) is 5.29. The summed E-state index contributed by atoms with van der Waals surface area (Å²) in [5, 5.41) is 3.23. The van der Waals surface area contributed by atoms with Gasteiger partial charge in [-0.05, 0) is 77.3 Å². The van der Waals surface area contributed by atoms with Crippen LogP contribution in [-0.4, -0.2) is 22.0 Å². The van der Waals surface area contributed by atoms with Crippen LogP contribution in [0.15, 0.2) is 94.8 Å². The quantitative estimate of drug-likeness (QED) is 0.217. The molecule has 7 heteroatoms. The lowest BCUT2D eigenvalue weighted by molar-refractivity contribution is -0.124. The minimum atomic E-state index is -0.406. The number of halogens is 2. The van der Waals surface area contributed by atoms with Gasteiger partial charge in [0.25, 0.3) is 5.91 Å². The van der Waals surface area contributed by atoms with Crippen molar-refractivity contribution in [2.45, 2.75) is 44.8 Å². The van der Waals surface area contributed by atoms with E-state index in [-0.39, 0.29) is 17.6 Å². The number of nitrogens with zero attached hydrogens (tertiary/aromatic N) is 2. The summed E-state index contributed by atoms with van der Waals surface area (Å²) in [4.78, 5) is 21.0. The summed E-state index contributed by atoms with van der Waals surface area (Å²) in [6.07, 6.45) is 7.04. The van der Waals surface area contributed by atoms with Crippen molar-refractivity contribution in [2.24, 2.45) is 4.99 Å². The number of aliphatic imine (C=N–C) groups is 1. The van der Waals surface area contributed by atoms with Gasteiger partial charge in [-0.1, -0.05) is 85.5 Å². The molecule has 2 fully saturated rings. The first-order valence-corrected chi connectivity index (χ1v) is 14.7. The Morgan fingerprint density at radius 2 is 1.70 bits per heavy atom. The van der Waals surface area contributed by atoms with E-state index in [0.29, 0.717) is 27.5 Å². The fourth-order valence-corrected chi connectivity index (χ4v) is 6.45. The summed E-state index contributed by atoms with van der Waals surface area (Å²) in [5.74, 6) is 0.179. The highest BCUT2D eigenvalue weighted by atomic mass is 35.5. The molecule has 0 bridgehead atoms. The second-order valence-electron chi connectivity index (χ2n) is 10.0. The van der Waals surface area contributed by atoms with Gasteiger partial charge in [-0.25, -0.2) is 9.38 Å². The van der Waals surface area contributed by atoms with E-state index < -0.39 is 5.82 Å². The third-order valence-electron chi connectivity index (χ3n) is 7.36. The highest BCUT2D eigenvalue weighted by Crippen LogP contribution is 2.41. The molecule has 0 aromatic heterocycles. The van der Waals surface area contributed by atoms with Gasteiger partial charge in [0.05, 0.1) is 4.91 Å². The van der Waals surface area contributed by atoms with E-state index in [2.05, 4.69) is 4.99 Å². The number of thioether (sulfide) groups is 1. The third-order valence-corrected chi connectivity index (χ3v) is 8.59. The van der Waals surface area contributed by atoms with E-state index in [1.165, 1.54) is 24.2 Å². The lowest BCUT2D eigenvalue weighted by Crippen LogP contribution is -2.40. The van der Waals surface area contributed by atoms with Crippen molar-refractivity contribution in [3.63, 3.8) is 0 Å². The summed E-state index contributed by atoms with van der Waals surface area (Å²) in [6.45, 7) is 0.362. The zero-order chi connectivity index (χ0) is 27.5. The van der Waals surface area contributed by atoms with Gasteiger partial charge < -0.3 is 4.74 Å². The predicted molar refractivity (Wildman–Crippen MR) is 163 cm³/mol. The highest BCUT2D eigenvalue weighted by Gasteiger charge is 2.39. The highest BCUT2D eigenvalue weighted by molar-refractivity contribution is 8.18. The molecule has 0 spiro atoms. The number of carbonyl (C=O) groups excluding carboxylic acids is 1. The molecule has 40 heavy (non-hydrogen) atoms. The first-order valence-electron chi connectivity index (χ1n) is 13.5. The molecule has 1 heterocycles. The number of carbonyl (C=O) groups is 1. The average Bonchev–Trinajstić information content (AvgIpc) is 3.29. The lowest BCUT2D eigenvalue weighted by Gasteiger charge is -2.30. The summed E-state index contributed by atoms with van der Waals surface area (Å²) < 4.78 is 20.9. The van der Waals surface area contributed by atoms with Crippen LogP contribution < -0.4 is 4.74 Å². The van der Waals surface area contributed by atoms with Crippen molar-refractivity contribution in [2.75, 3.05) is 0 Å². The van der Waals surface area contributed by atoms with Gasteiger partial charge in [-0.15, -0.1) is 0 Å². The fraction of sp³-hybridized carbons (Fsp3) is 0.212. The van der Waals surface area contributed by atoms with Crippen molar-refractivity contribution < 1.29 is 13.9 Å². The van der Waals surface area contributed by atoms with E-state index in [0.717, 1.165) is 47.6 Å². The molecule has 1 aliphatic carbocycles. The molecule has 0 atom stereocenters. The van der Waals surface area contributed by atoms with Crippen LogP contribution >= 0.6 is 23.4 Å². The zero-order valence-corrected chi connectivity index (χ0v) is 23.4. The SMILES string of the molecule is O=C1/C(=C/c2c(OCc3ccc(Cl)cc3)ccc3ccccc23)SC(=Nc2ccccc2F)N1C1CCCCC1. The largest absolute Gasteiger partial charge is 0.488 e. The van der Waals surface area contributed by atoms with Crippen LogP contribution in [-0.2, 0) is 11.4 Å². The van der Waals surface area contributed by atoms with Crippen molar-refractivity contribution in [3.05, 3.63) is 112 Å². The first kappa shape index (κ1) is 26.6. The Labute approximate surface area is 242 Å². The monoisotopic (exact) mass is 570 g/mol. The van der Waals surface area contributed by atoms with Crippen LogP contribution in [0.2, 0.25) is 5.02 Å². The topological polar surface area (TPSA) is 41.9 Å². The standard InChI is InChI=1S/C33H28ClFN2O2S/c34-24-17-14-22(15-18-24)21-39-30-19-16-23-8-4-5-11-26(23)27(30)20-31-32(38)37(25-9-2-1-3-10-25)33(40-31)36-29-13-7-6-12-28(29)35/h4-8,11-20,25H,1-3,9-10,21H2/b31-20-,36-33?. The number of hydrogen-bond acceptors (Lipinski definition) is 4. The molecule has 1 aliphatic heterocycles. The van der Waals surface area contributed by atoms with E-state index >= 15 is 0 Å².